The summed E-state index contributed by atoms with van der Waals surface area (Å²) < 4.78 is 0. The minimum atomic E-state index is -0.373. The summed E-state index contributed by atoms with van der Waals surface area (Å²) in [5, 5.41) is 3.47. The van der Waals surface area contributed by atoms with Gasteiger partial charge in [0.05, 0.1) is 5.54 Å². The first-order valence-corrected chi connectivity index (χ1v) is 8.35. The number of carbonyl (C=O) groups excluding carboxylic acids is 1. The van der Waals surface area contributed by atoms with Crippen LogP contribution in [0, 0.1) is 0 Å². The van der Waals surface area contributed by atoms with Gasteiger partial charge in [-0.25, -0.2) is 0 Å². The number of aromatic nitrogens is 1. The first kappa shape index (κ1) is 15.6. The lowest BCUT2D eigenvalue weighted by Crippen LogP contribution is -2.29. The zero-order chi connectivity index (χ0) is 16.3. The quantitative estimate of drug-likeness (QED) is 0.908. The third-order valence-electron chi connectivity index (χ3n) is 3.88. The van der Waals surface area contributed by atoms with Gasteiger partial charge in [-0.3, -0.25) is 14.8 Å². The van der Waals surface area contributed by atoms with Gasteiger partial charge in [0.25, 0.3) is 5.91 Å². The number of aliphatic imine (C=N–C) groups is 1. The first-order valence-electron chi connectivity index (χ1n) is 7.37. The van der Waals surface area contributed by atoms with Gasteiger partial charge in [0.15, 0.2) is 5.17 Å². The monoisotopic (exact) mass is 326 g/mol. The maximum Gasteiger partial charge on any atom is 0.255 e. The van der Waals surface area contributed by atoms with Crippen LogP contribution in [0.15, 0.2) is 53.8 Å². The molecule has 2 aromatic rings. The molecule has 3 rings (SSSR count). The standard InChI is InChI=1S/C17H18N4OS/c1-17(7-10-23-16(18)21-17)13-4-2-3-12(11-13)15(22)20-14-5-8-19-9-6-14/h2-6,8-9,11H,7,10H2,1H3,(H2,18,21)(H,19,20,22). The molecule has 0 spiro atoms. The molecule has 5 nitrogen and oxygen atoms in total. The number of benzene rings is 1. The van der Waals surface area contributed by atoms with E-state index in [1.54, 1.807) is 42.4 Å². The van der Waals surface area contributed by atoms with Gasteiger partial charge in [-0.2, -0.15) is 0 Å². The van der Waals surface area contributed by atoms with Crippen LogP contribution in [-0.4, -0.2) is 21.8 Å². The molecule has 0 saturated heterocycles. The zero-order valence-corrected chi connectivity index (χ0v) is 13.6. The summed E-state index contributed by atoms with van der Waals surface area (Å²) in [5.41, 5.74) is 7.83. The van der Waals surface area contributed by atoms with E-state index in [0.29, 0.717) is 10.7 Å². The molecule has 0 bridgehead atoms. The highest BCUT2D eigenvalue weighted by molar-refractivity contribution is 8.13. The Balaban J connectivity index is 1.85. The molecule has 0 radical (unpaired) electrons. The second kappa shape index (κ2) is 6.42. The Labute approximate surface area is 139 Å². The molecule has 1 aliphatic heterocycles. The highest BCUT2D eigenvalue weighted by Gasteiger charge is 2.29. The van der Waals surface area contributed by atoms with Crippen LogP contribution in [0.4, 0.5) is 5.69 Å². The molecule has 2 heterocycles. The Bertz CT molecular complexity index is 747. The number of rotatable bonds is 3. The number of nitrogens with two attached hydrogens (primary N) is 1. The molecule has 1 unspecified atom stereocenters. The fourth-order valence-electron chi connectivity index (χ4n) is 2.53. The van der Waals surface area contributed by atoms with Crippen LogP contribution in [0.2, 0.25) is 0 Å². The SMILES string of the molecule is CC1(c2cccc(C(=O)Nc3ccncc3)c2)CCSC(N)=N1. The van der Waals surface area contributed by atoms with Crippen molar-refractivity contribution >= 4 is 28.5 Å². The molecule has 1 atom stereocenters. The molecule has 0 aliphatic carbocycles. The second-order valence-electron chi connectivity index (χ2n) is 5.59. The Morgan fingerprint density at radius 3 is 2.83 bits per heavy atom. The molecular formula is C17H18N4OS. The van der Waals surface area contributed by atoms with Crippen LogP contribution in [0.25, 0.3) is 0 Å². The first-order chi connectivity index (χ1) is 11.1. The van der Waals surface area contributed by atoms with E-state index in [4.69, 9.17) is 5.73 Å². The van der Waals surface area contributed by atoms with Gasteiger partial charge >= 0.3 is 0 Å². The van der Waals surface area contributed by atoms with E-state index in [-0.39, 0.29) is 11.4 Å². The Hall–Kier alpha value is -2.34. The van der Waals surface area contributed by atoms with Crippen LogP contribution < -0.4 is 11.1 Å². The molecule has 0 fully saturated rings. The summed E-state index contributed by atoms with van der Waals surface area (Å²) in [6.07, 6.45) is 4.18. The Kier molecular flexibility index (Phi) is 4.34. The third-order valence-corrected chi connectivity index (χ3v) is 4.68. The minimum absolute atomic E-state index is 0.149. The fraction of sp³-hybridized carbons (Fsp3) is 0.235. The number of amides is 1. The lowest BCUT2D eigenvalue weighted by Gasteiger charge is -2.30. The van der Waals surface area contributed by atoms with Crippen molar-refractivity contribution in [1.82, 2.24) is 4.98 Å². The number of hydrogen-bond donors (Lipinski definition) is 2. The summed E-state index contributed by atoms with van der Waals surface area (Å²) in [4.78, 5) is 20.9. The van der Waals surface area contributed by atoms with Crippen molar-refractivity contribution in [3.8, 4) is 0 Å². The van der Waals surface area contributed by atoms with E-state index in [1.807, 2.05) is 18.2 Å². The summed E-state index contributed by atoms with van der Waals surface area (Å²) in [5.74, 6) is 0.781. The molecule has 118 valence electrons. The molecule has 6 heteroatoms. The topological polar surface area (TPSA) is 80.4 Å². The van der Waals surface area contributed by atoms with Crippen molar-refractivity contribution in [1.29, 1.82) is 0 Å². The molecular weight excluding hydrogens is 308 g/mol. The highest BCUT2D eigenvalue weighted by atomic mass is 32.2. The molecule has 3 N–H and O–H groups in total. The predicted octanol–water partition coefficient (Wildman–Crippen LogP) is 3.00. The van der Waals surface area contributed by atoms with Crippen molar-refractivity contribution in [2.75, 3.05) is 11.1 Å². The minimum Gasteiger partial charge on any atom is -0.379 e. The maximum absolute atomic E-state index is 12.4. The van der Waals surface area contributed by atoms with Crippen molar-refractivity contribution in [2.24, 2.45) is 10.7 Å². The third kappa shape index (κ3) is 3.53. The summed E-state index contributed by atoms with van der Waals surface area (Å²) in [6.45, 7) is 2.06. The van der Waals surface area contributed by atoms with E-state index in [1.165, 1.54) is 0 Å². The van der Waals surface area contributed by atoms with Crippen molar-refractivity contribution in [3.05, 3.63) is 59.9 Å². The number of thioether (sulfide) groups is 1. The molecule has 1 aromatic carbocycles. The zero-order valence-electron chi connectivity index (χ0n) is 12.8. The largest absolute Gasteiger partial charge is 0.379 e. The van der Waals surface area contributed by atoms with E-state index in [9.17, 15) is 4.79 Å². The molecule has 1 aliphatic rings. The number of hydrogen-bond acceptors (Lipinski definition) is 5. The van der Waals surface area contributed by atoms with Gasteiger partial charge in [-0.05, 0) is 43.2 Å². The summed E-state index contributed by atoms with van der Waals surface area (Å²) >= 11 is 1.57. The van der Waals surface area contributed by atoms with E-state index in [0.717, 1.165) is 23.4 Å². The highest BCUT2D eigenvalue weighted by Crippen LogP contribution is 2.35. The van der Waals surface area contributed by atoms with Crippen LogP contribution in [0.1, 0.15) is 29.3 Å². The molecule has 23 heavy (non-hydrogen) atoms. The smallest absolute Gasteiger partial charge is 0.255 e. The van der Waals surface area contributed by atoms with Gasteiger partial charge in [0, 0.05) is 29.4 Å². The lowest BCUT2D eigenvalue weighted by atomic mass is 9.88. The van der Waals surface area contributed by atoms with Gasteiger partial charge in [0.2, 0.25) is 0 Å². The maximum atomic E-state index is 12.4. The lowest BCUT2D eigenvalue weighted by molar-refractivity contribution is 0.102. The van der Waals surface area contributed by atoms with Crippen molar-refractivity contribution in [2.45, 2.75) is 18.9 Å². The fourth-order valence-corrected chi connectivity index (χ4v) is 3.50. The Morgan fingerprint density at radius 2 is 2.09 bits per heavy atom. The van der Waals surface area contributed by atoms with Crippen LogP contribution >= 0.6 is 11.8 Å². The predicted molar refractivity (Wildman–Crippen MR) is 94.7 cm³/mol. The van der Waals surface area contributed by atoms with Gasteiger partial charge < -0.3 is 11.1 Å². The average Bonchev–Trinajstić information content (AvgIpc) is 2.56. The van der Waals surface area contributed by atoms with Gasteiger partial charge in [-0.1, -0.05) is 23.9 Å². The molecule has 0 saturated carbocycles. The van der Waals surface area contributed by atoms with E-state index in [2.05, 4.69) is 22.2 Å². The van der Waals surface area contributed by atoms with Crippen LogP contribution in [0.3, 0.4) is 0 Å². The summed E-state index contributed by atoms with van der Waals surface area (Å²) in [7, 11) is 0. The van der Waals surface area contributed by atoms with E-state index >= 15 is 0 Å². The van der Waals surface area contributed by atoms with Crippen LogP contribution in [0.5, 0.6) is 0 Å². The molecule has 1 amide bonds. The Morgan fingerprint density at radius 1 is 1.30 bits per heavy atom. The number of carbonyl (C=O) groups is 1. The van der Waals surface area contributed by atoms with Gasteiger partial charge in [-0.15, -0.1) is 0 Å². The molecule has 1 aromatic heterocycles. The number of nitrogens with zero attached hydrogens (tertiary/aromatic N) is 2. The number of pyridine rings is 1. The number of nitrogens with one attached hydrogen (secondary N) is 1. The van der Waals surface area contributed by atoms with Crippen molar-refractivity contribution < 1.29 is 4.79 Å². The van der Waals surface area contributed by atoms with E-state index < -0.39 is 0 Å². The van der Waals surface area contributed by atoms with Crippen molar-refractivity contribution in [3.63, 3.8) is 0 Å². The average molecular weight is 326 g/mol. The van der Waals surface area contributed by atoms with Gasteiger partial charge in [0.1, 0.15) is 0 Å². The number of anilines is 1. The normalized spacial score (nSPS) is 20.7. The van der Waals surface area contributed by atoms with Crippen LogP contribution in [-0.2, 0) is 5.54 Å². The summed E-state index contributed by atoms with van der Waals surface area (Å²) in [6, 6.07) is 11.1. The number of amidine groups is 1. The second-order valence-corrected chi connectivity index (χ2v) is 6.71.